The molecule has 106 valence electrons. The molecule has 21 heavy (non-hydrogen) atoms. The number of aromatic nitrogens is 1. The van der Waals surface area contributed by atoms with E-state index in [9.17, 15) is 0 Å². The summed E-state index contributed by atoms with van der Waals surface area (Å²) in [5.41, 5.74) is 9.39. The summed E-state index contributed by atoms with van der Waals surface area (Å²) in [5.74, 6) is 0. The molecule has 3 nitrogen and oxygen atoms in total. The first-order chi connectivity index (χ1) is 10.0. The number of nitrogens with zero attached hydrogens (tertiary/aromatic N) is 1. The number of hydrogen-bond acceptors (Lipinski definition) is 3. The lowest BCUT2D eigenvalue weighted by Gasteiger charge is -2.14. The van der Waals surface area contributed by atoms with Gasteiger partial charge in [0.1, 0.15) is 0 Å². The Morgan fingerprint density at radius 3 is 2.76 bits per heavy atom. The van der Waals surface area contributed by atoms with Gasteiger partial charge in [-0.25, -0.2) is 0 Å². The minimum absolute atomic E-state index is 0.603. The maximum absolute atomic E-state index is 6.10. The largest absolute Gasteiger partial charge is 0.396 e. The van der Waals surface area contributed by atoms with E-state index in [-0.39, 0.29) is 0 Å². The molecule has 3 aromatic rings. The minimum atomic E-state index is 0.603. The van der Waals surface area contributed by atoms with Crippen LogP contribution < -0.4 is 11.1 Å². The number of anilines is 3. The zero-order valence-electron chi connectivity index (χ0n) is 10.7. The van der Waals surface area contributed by atoms with Crippen molar-refractivity contribution in [3.8, 4) is 0 Å². The number of pyridine rings is 1. The van der Waals surface area contributed by atoms with Crippen molar-refractivity contribution in [3.63, 3.8) is 0 Å². The second-order valence-corrected chi connectivity index (χ2v) is 7.01. The molecule has 3 N–H and O–H groups in total. The maximum atomic E-state index is 6.10. The smallest absolute Gasteiger partial charge is 0.0746 e. The van der Waals surface area contributed by atoms with Crippen molar-refractivity contribution in [2.45, 2.75) is 0 Å². The first kappa shape index (κ1) is 14.9. The molecule has 2 aromatic carbocycles. The Morgan fingerprint density at radius 1 is 1.19 bits per heavy atom. The summed E-state index contributed by atoms with van der Waals surface area (Å²) in [4.78, 5) is 4.35. The topological polar surface area (TPSA) is 50.9 Å². The molecule has 0 bridgehead atoms. The van der Waals surface area contributed by atoms with Crippen LogP contribution in [0.2, 0.25) is 5.02 Å². The molecule has 0 amide bonds. The molecule has 0 saturated heterocycles. The van der Waals surface area contributed by atoms with Crippen molar-refractivity contribution in [2.24, 2.45) is 0 Å². The third-order valence-corrected chi connectivity index (χ3v) is 4.67. The average molecular weight is 475 g/mol. The number of halogens is 3. The van der Waals surface area contributed by atoms with Crippen LogP contribution in [0.5, 0.6) is 0 Å². The predicted molar refractivity (Wildman–Crippen MR) is 101 cm³/mol. The molecule has 0 atom stereocenters. The number of nitrogens with one attached hydrogen (secondary N) is 1. The zero-order chi connectivity index (χ0) is 15.0. The summed E-state index contributed by atoms with van der Waals surface area (Å²) in [6.07, 6.45) is 1.67. The Hall–Kier alpha value is -1.05. The van der Waals surface area contributed by atoms with E-state index < -0.39 is 0 Å². The van der Waals surface area contributed by atoms with Crippen LogP contribution in [0.25, 0.3) is 10.9 Å². The van der Waals surface area contributed by atoms with E-state index in [0.29, 0.717) is 10.7 Å². The molecule has 0 unspecified atom stereocenters. The number of benzene rings is 2. The molecule has 0 spiro atoms. The van der Waals surface area contributed by atoms with Crippen LogP contribution in [0.4, 0.5) is 17.1 Å². The van der Waals surface area contributed by atoms with Gasteiger partial charge in [-0.05, 0) is 59.0 Å². The molecule has 0 saturated carbocycles. The summed E-state index contributed by atoms with van der Waals surface area (Å²) in [5, 5.41) is 5.06. The van der Waals surface area contributed by atoms with Gasteiger partial charge >= 0.3 is 0 Å². The van der Waals surface area contributed by atoms with Crippen molar-refractivity contribution >= 4 is 78.1 Å². The average Bonchev–Trinajstić information content (AvgIpc) is 2.44. The van der Waals surface area contributed by atoms with Gasteiger partial charge < -0.3 is 11.1 Å². The molecule has 0 aliphatic carbocycles. The minimum Gasteiger partial charge on any atom is -0.396 e. The lowest BCUT2D eigenvalue weighted by Crippen LogP contribution is -2.00. The first-order valence-electron chi connectivity index (χ1n) is 6.10. The zero-order valence-corrected chi connectivity index (χ0v) is 15.2. The van der Waals surface area contributed by atoms with E-state index in [1.54, 1.807) is 6.20 Å². The van der Waals surface area contributed by atoms with Gasteiger partial charge in [-0.1, -0.05) is 27.5 Å². The fourth-order valence-corrected chi connectivity index (χ4v) is 3.41. The van der Waals surface area contributed by atoms with E-state index in [1.807, 2.05) is 36.4 Å². The molecule has 3 rings (SSSR count). The first-order valence-corrected chi connectivity index (χ1v) is 8.35. The van der Waals surface area contributed by atoms with Crippen molar-refractivity contribution in [1.82, 2.24) is 4.98 Å². The van der Waals surface area contributed by atoms with Crippen molar-refractivity contribution in [3.05, 3.63) is 55.7 Å². The number of nitrogen functional groups attached to an aromatic ring is 1. The van der Waals surface area contributed by atoms with Gasteiger partial charge in [0.15, 0.2) is 0 Å². The number of hydrogen-bond donors (Lipinski definition) is 2. The highest BCUT2D eigenvalue weighted by Crippen LogP contribution is 2.34. The van der Waals surface area contributed by atoms with Gasteiger partial charge in [-0.3, -0.25) is 4.98 Å². The second-order valence-electron chi connectivity index (χ2n) is 4.50. The quantitative estimate of drug-likeness (QED) is 0.477. The highest BCUT2D eigenvalue weighted by molar-refractivity contribution is 14.1. The Bertz CT molecular complexity index is 833. The van der Waals surface area contributed by atoms with Gasteiger partial charge in [0, 0.05) is 18.5 Å². The van der Waals surface area contributed by atoms with E-state index in [1.165, 1.54) is 0 Å². The molecule has 0 fully saturated rings. The van der Waals surface area contributed by atoms with E-state index in [2.05, 4.69) is 48.8 Å². The van der Waals surface area contributed by atoms with Crippen LogP contribution in [-0.2, 0) is 0 Å². The summed E-state index contributed by atoms with van der Waals surface area (Å²) in [6.45, 7) is 0. The van der Waals surface area contributed by atoms with Crippen LogP contribution >= 0.6 is 50.1 Å². The molecule has 0 aliphatic rings. The second kappa shape index (κ2) is 5.98. The number of fused-ring (bicyclic) bond motifs is 1. The molecule has 1 heterocycles. The standard InChI is InChI=1S/C15H10BrClIN3/c16-8-1-3-13-10(5-8)15(12(19)7-20-13)21-14-4-2-9(17)6-11(14)18/h1-7H,19H2,(H,20,21). The van der Waals surface area contributed by atoms with Crippen LogP contribution in [0.3, 0.4) is 0 Å². The summed E-state index contributed by atoms with van der Waals surface area (Å²) >= 11 is 11.7. The Balaban J connectivity index is 2.15. The molecular formula is C15H10BrClIN3. The molecule has 6 heteroatoms. The number of rotatable bonds is 2. The van der Waals surface area contributed by atoms with Gasteiger partial charge in [0.05, 0.1) is 28.8 Å². The van der Waals surface area contributed by atoms with Gasteiger partial charge in [-0.2, -0.15) is 0 Å². The van der Waals surface area contributed by atoms with Crippen LogP contribution in [0.15, 0.2) is 47.1 Å². The Morgan fingerprint density at radius 2 is 2.00 bits per heavy atom. The predicted octanol–water partition coefficient (Wildman–Crippen LogP) is 5.58. The lowest BCUT2D eigenvalue weighted by molar-refractivity contribution is 1.40. The fraction of sp³-hybridized carbons (Fsp3) is 0. The van der Waals surface area contributed by atoms with Crippen molar-refractivity contribution in [1.29, 1.82) is 0 Å². The van der Waals surface area contributed by atoms with Gasteiger partial charge in [0.2, 0.25) is 0 Å². The maximum Gasteiger partial charge on any atom is 0.0746 e. The van der Waals surface area contributed by atoms with Crippen LogP contribution in [-0.4, -0.2) is 4.98 Å². The van der Waals surface area contributed by atoms with Gasteiger partial charge in [0.25, 0.3) is 0 Å². The highest BCUT2D eigenvalue weighted by atomic mass is 127. The van der Waals surface area contributed by atoms with E-state index >= 15 is 0 Å². The molecule has 0 radical (unpaired) electrons. The fourth-order valence-electron chi connectivity index (χ4n) is 2.05. The summed E-state index contributed by atoms with van der Waals surface area (Å²) in [6, 6.07) is 11.6. The monoisotopic (exact) mass is 473 g/mol. The summed E-state index contributed by atoms with van der Waals surface area (Å²) in [7, 11) is 0. The van der Waals surface area contributed by atoms with Crippen molar-refractivity contribution < 1.29 is 0 Å². The third kappa shape index (κ3) is 3.09. The molecular weight excluding hydrogens is 464 g/mol. The lowest BCUT2D eigenvalue weighted by atomic mass is 10.1. The summed E-state index contributed by atoms with van der Waals surface area (Å²) < 4.78 is 2.01. The SMILES string of the molecule is Nc1cnc2ccc(Br)cc2c1Nc1ccc(Cl)cc1I. The Kier molecular flexibility index (Phi) is 4.24. The van der Waals surface area contributed by atoms with Gasteiger partial charge in [-0.15, -0.1) is 0 Å². The molecule has 0 aliphatic heterocycles. The van der Waals surface area contributed by atoms with Crippen LogP contribution in [0.1, 0.15) is 0 Å². The van der Waals surface area contributed by atoms with E-state index in [4.69, 9.17) is 17.3 Å². The van der Waals surface area contributed by atoms with Crippen LogP contribution in [0, 0.1) is 3.57 Å². The normalized spacial score (nSPS) is 10.8. The van der Waals surface area contributed by atoms with Crippen molar-refractivity contribution in [2.75, 3.05) is 11.1 Å². The number of nitrogens with two attached hydrogens (primary N) is 1. The molecule has 1 aromatic heterocycles. The Labute approximate surface area is 149 Å². The van der Waals surface area contributed by atoms with E-state index in [0.717, 1.165) is 30.3 Å². The third-order valence-electron chi connectivity index (χ3n) is 3.05. The highest BCUT2D eigenvalue weighted by Gasteiger charge is 2.09.